The first-order valence-electron chi connectivity index (χ1n) is 21.7. The molecule has 0 fully saturated rings. The molecule has 0 saturated carbocycles. The lowest BCUT2D eigenvalue weighted by molar-refractivity contribution is -0.161. The quantitative estimate of drug-likeness (QED) is 0.0130. The van der Waals surface area contributed by atoms with E-state index in [2.05, 4.69) is 55.5 Å². The smallest absolute Gasteiger partial charge is 0.462 e. The molecule has 0 aliphatic heterocycles. The lowest BCUT2D eigenvalue weighted by Crippen LogP contribution is -2.30. The van der Waals surface area contributed by atoms with Gasteiger partial charge in [-0.2, -0.15) is 0 Å². The molecule has 0 radical (unpaired) electrons. The van der Waals surface area contributed by atoms with Gasteiger partial charge in [-0.25, -0.2) is 4.57 Å². The standard InChI is InChI=1S/C47H76NO11P/c1-3-5-7-8-9-10-11-12-13-14-15-16-17-18-19-20-21-26-30-36-47(53)59-43(41-58-60(54,55)57-39-38-48)40-56-46(52)37-31-35-45(51)44(50)34-29-25-23-22-24-28-33-42(49)32-27-6-4-2/h6,9-10,12-13,15-16,18-19,22-25,27-29,33-34,42-45,49-51H,3-5,7-8,11,14,17,20-21,26,30-32,35-41,48H2,1-2H3,(H,54,55)/b10-9-,13-12-,16-15-,19-18-,24-22+,25-23-,27-6-,33-28+,34-29-/t42-,43-,44+,45+/m1/s1. The Hall–Kier alpha value is -3.45. The fourth-order valence-corrected chi connectivity index (χ4v) is 5.90. The van der Waals surface area contributed by atoms with Crippen molar-refractivity contribution in [3.63, 3.8) is 0 Å². The van der Waals surface area contributed by atoms with Crippen LogP contribution in [0.15, 0.2) is 109 Å². The monoisotopic (exact) mass is 862 g/mol. The number of carbonyl (C=O) groups is 2. The molecule has 0 heterocycles. The minimum Gasteiger partial charge on any atom is -0.462 e. The number of carbonyl (C=O) groups excluding carboxylic acids is 2. The molecule has 0 aliphatic rings. The molecule has 0 aromatic carbocycles. The maximum Gasteiger partial charge on any atom is 0.472 e. The second kappa shape index (κ2) is 40.9. The zero-order valence-corrected chi connectivity index (χ0v) is 37.1. The number of esters is 2. The molecule has 60 heavy (non-hydrogen) atoms. The Morgan fingerprint density at radius 2 is 1.23 bits per heavy atom. The first-order valence-corrected chi connectivity index (χ1v) is 23.2. The predicted octanol–water partition coefficient (Wildman–Crippen LogP) is 9.29. The normalized spacial score (nSPS) is 15.9. The summed E-state index contributed by atoms with van der Waals surface area (Å²) in [6, 6.07) is 0. The zero-order chi connectivity index (χ0) is 44.4. The van der Waals surface area contributed by atoms with Crippen LogP contribution in [0.1, 0.15) is 123 Å². The van der Waals surface area contributed by atoms with Crippen molar-refractivity contribution in [1.82, 2.24) is 0 Å². The van der Waals surface area contributed by atoms with E-state index in [1.54, 1.807) is 42.5 Å². The van der Waals surface area contributed by atoms with E-state index in [1.165, 1.54) is 25.3 Å². The number of rotatable bonds is 38. The van der Waals surface area contributed by atoms with E-state index in [0.717, 1.165) is 51.4 Å². The van der Waals surface area contributed by atoms with Crippen LogP contribution in [-0.4, -0.2) is 82.9 Å². The molecule has 0 spiro atoms. The van der Waals surface area contributed by atoms with Gasteiger partial charge in [-0.15, -0.1) is 0 Å². The second-order valence-electron chi connectivity index (χ2n) is 14.0. The summed E-state index contributed by atoms with van der Waals surface area (Å²) < 4.78 is 32.5. The number of nitrogens with two attached hydrogens (primary N) is 1. The molecule has 0 saturated heterocycles. The van der Waals surface area contributed by atoms with Gasteiger partial charge in [0.1, 0.15) is 6.61 Å². The van der Waals surface area contributed by atoms with Crippen molar-refractivity contribution in [1.29, 1.82) is 0 Å². The molecule has 1 unspecified atom stereocenters. The van der Waals surface area contributed by atoms with Gasteiger partial charge in [0.25, 0.3) is 0 Å². The zero-order valence-electron chi connectivity index (χ0n) is 36.2. The first kappa shape index (κ1) is 56.5. The second-order valence-corrected chi connectivity index (χ2v) is 15.5. The van der Waals surface area contributed by atoms with Crippen LogP contribution in [0, 0.1) is 0 Å². The molecular formula is C47H76NO11P. The SMILES string of the molecule is CC/C=C\C[C@@H](O)/C=C/C=C/C=C\C=C/[C@H](O)[C@@H](O)CCCC(=O)OC[C@H](COP(=O)(O)OCCN)OC(=O)CCCCC/C=C\C/C=C\C/C=C\C/C=C\CCCCC. The number of phosphoric acid groups is 1. The largest absolute Gasteiger partial charge is 0.472 e. The highest BCUT2D eigenvalue weighted by Crippen LogP contribution is 2.43. The lowest BCUT2D eigenvalue weighted by atomic mass is 10.1. The summed E-state index contributed by atoms with van der Waals surface area (Å²) in [6.07, 6.45) is 43.5. The molecular weight excluding hydrogens is 785 g/mol. The molecule has 0 rings (SSSR count). The molecule has 0 bridgehead atoms. The Morgan fingerprint density at radius 1 is 0.650 bits per heavy atom. The van der Waals surface area contributed by atoms with Gasteiger partial charge >= 0.3 is 19.8 Å². The van der Waals surface area contributed by atoms with Crippen LogP contribution >= 0.6 is 7.82 Å². The number of hydrogen-bond donors (Lipinski definition) is 5. The van der Waals surface area contributed by atoms with Gasteiger partial charge in [0.2, 0.25) is 0 Å². The number of aliphatic hydroxyl groups excluding tert-OH is 3. The molecule has 6 N–H and O–H groups in total. The fraction of sp³-hybridized carbons (Fsp3) is 0.574. The van der Waals surface area contributed by atoms with Crippen molar-refractivity contribution < 1.29 is 52.9 Å². The highest BCUT2D eigenvalue weighted by Gasteiger charge is 2.26. The number of aliphatic hydroxyl groups is 3. The molecule has 13 heteroatoms. The van der Waals surface area contributed by atoms with Crippen molar-refractivity contribution in [2.45, 2.75) is 147 Å². The number of phosphoric ester groups is 1. The van der Waals surface area contributed by atoms with Crippen LogP contribution in [0.3, 0.4) is 0 Å². The Kier molecular flexibility index (Phi) is 38.6. The van der Waals surface area contributed by atoms with E-state index < -0.39 is 57.4 Å². The van der Waals surface area contributed by atoms with Gasteiger partial charge in [0, 0.05) is 19.4 Å². The first-order chi connectivity index (χ1) is 29.0. The molecule has 0 aromatic rings. The summed E-state index contributed by atoms with van der Waals surface area (Å²) in [5.41, 5.74) is 5.32. The van der Waals surface area contributed by atoms with Crippen LogP contribution in [0.2, 0.25) is 0 Å². The minimum atomic E-state index is -4.48. The Bertz CT molecular complexity index is 1400. The van der Waals surface area contributed by atoms with Crippen molar-refractivity contribution in [2.75, 3.05) is 26.4 Å². The van der Waals surface area contributed by atoms with Crippen molar-refractivity contribution in [3.8, 4) is 0 Å². The lowest BCUT2D eigenvalue weighted by Gasteiger charge is -2.20. The molecule has 0 amide bonds. The Balaban J connectivity index is 4.57. The van der Waals surface area contributed by atoms with Crippen LogP contribution in [0.25, 0.3) is 0 Å². The highest BCUT2D eigenvalue weighted by atomic mass is 31.2. The maximum absolute atomic E-state index is 12.6. The van der Waals surface area contributed by atoms with Gasteiger partial charge in [-0.3, -0.25) is 18.6 Å². The fourth-order valence-electron chi connectivity index (χ4n) is 5.13. The van der Waals surface area contributed by atoms with E-state index in [4.69, 9.17) is 24.3 Å². The third-order valence-electron chi connectivity index (χ3n) is 8.49. The van der Waals surface area contributed by atoms with Crippen molar-refractivity contribution in [3.05, 3.63) is 109 Å². The summed E-state index contributed by atoms with van der Waals surface area (Å²) >= 11 is 0. The number of ether oxygens (including phenoxy) is 2. The molecule has 340 valence electrons. The van der Waals surface area contributed by atoms with E-state index >= 15 is 0 Å². The third kappa shape index (κ3) is 38.7. The van der Waals surface area contributed by atoms with Gasteiger partial charge in [0.05, 0.1) is 31.5 Å². The predicted molar refractivity (Wildman–Crippen MR) is 242 cm³/mol. The van der Waals surface area contributed by atoms with Crippen LogP contribution in [0.5, 0.6) is 0 Å². The average Bonchev–Trinajstić information content (AvgIpc) is 3.22. The van der Waals surface area contributed by atoms with Crippen LogP contribution in [0.4, 0.5) is 0 Å². The van der Waals surface area contributed by atoms with E-state index in [9.17, 15) is 34.4 Å². The third-order valence-corrected chi connectivity index (χ3v) is 9.47. The topological polar surface area (TPSA) is 195 Å². The Labute approximate surface area is 360 Å². The van der Waals surface area contributed by atoms with Gasteiger partial charge < -0.3 is 35.4 Å². The van der Waals surface area contributed by atoms with Crippen LogP contribution in [-0.2, 0) is 32.7 Å². The molecule has 0 aromatic heterocycles. The van der Waals surface area contributed by atoms with Crippen LogP contribution < -0.4 is 5.73 Å². The van der Waals surface area contributed by atoms with E-state index in [1.807, 2.05) is 19.1 Å². The Morgan fingerprint density at radius 3 is 1.85 bits per heavy atom. The number of unbranched alkanes of at least 4 members (excludes halogenated alkanes) is 6. The summed E-state index contributed by atoms with van der Waals surface area (Å²) in [5.74, 6) is -1.21. The van der Waals surface area contributed by atoms with Crippen molar-refractivity contribution in [2.24, 2.45) is 5.73 Å². The van der Waals surface area contributed by atoms with Gasteiger partial charge in [-0.05, 0) is 77.0 Å². The summed E-state index contributed by atoms with van der Waals surface area (Å²) in [6.45, 7) is 3.04. The highest BCUT2D eigenvalue weighted by molar-refractivity contribution is 7.47. The summed E-state index contributed by atoms with van der Waals surface area (Å²) in [5, 5.41) is 30.4. The number of allylic oxidation sites excluding steroid dienone is 15. The minimum absolute atomic E-state index is 0.00792. The van der Waals surface area contributed by atoms with Gasteiger partial charge in [-0.1, -0.05) is 142 Å². The van der Waals surface area contributed by atoms with E-state index in [0.29, 0.717) is 12.8 Å². The molecule has 0 aliphatic carbocycles. The van der Waals surface area contributed by atoms with Crippen molar-refractivity contribution >= 4 is 19.8 Å². The number of hydrogen-bond acceptors (Lipinski definition) is 11. The maximum atomic E-state index is 12.6. The van der Waals surface area contributed by atoms with Gasteiger partial charge in [0.15, 0.2) is 6.10 Å². The van der Waals surface area contributed by atoms with E-state index in [-0.39, 0.29) is 38.8 Å². The average molecular weight is 862 g/mol. The molecule has 5 atom stereocenters. The summed E-state index contributed by atoms with van der Waals surface area (Å²) in [7, 11) is -4.48. The summed E-state index contributed by atoms with van der Waals surface area (Å²) in [4.78, 5) is 34.9. The molecule has 12 nitrogen and oxygen atoms in total.